The maximum atomic E-state index is 13.3. The van der Waals surface area contributed by atoms with Gasteiger partial charge in [0.2, 0.25) is 11.7 Å². The molecule has 0 saturated heterocycles. The van der Waals surface area contributed by atoms with Crippen LogP contribution in [-0.2, 0) is 6.54 Å². The molecule has 1 heterocycles. The molecule has 1 N–H and O–H groups in total. The molecule has 27 heavy (non-hydrogen) atoms. The number of alkyl halides is 2. The number of aromatic nitrogens is 2. The maximum absolute atomic E-state index is 13.3. The van der Waals surface area contributed by atoms with E-state index in [1.165, 1.54) is 37.4 Å². The predicted octanol–water partition coefficient (Wildman–Crippen LogP) is 4.41. The standard InChI is InChI=1S/C18H16F3N3O3/c1-10-3-5-12(19)8-13(10)22-9-16-23-17(24-27-16)11-4-6-14(26-18(20)21)15(7-11)25-2/h3-8,18,22H,9H2,1-2H3. The maximum Gasteiger partial charge on any atom is 0.387 e. The molecule has 0 radical (unpaired) electrons. The van der Waals surface area contributed by atoms with E-state index < -0.39 is 6.61 Å². The Balaban J connectivity index is 1.74. The Bertz CT molecular complexity index is 931. The normalized spacial score (nSPS) is 10.9. The van der Waals surface area contributed by atoms with Crippen LogP contribution in [0.4, 0.5) is 18.9 Å². The van der Waals surface area contributed by atoms with Crippen molar-refractivity contribution in [3.8, 4) is 22.9 Å². The monoisotopic (exact) mass is 379 g/mol. The van der Waals surface area contributed by atoms with Crippen molar-refractivity contribution in [1.82, 2.24) is 10.1 Å². The Kier molecular flexibility index (Phi) is 5.49. The summed E-state index contributed by atoms with van der Waals surface area (Å²) in [4.78, 5) is 4.24. The van der Waals surface area contributed by atoms with Gasteiger partial charge in [-0.2, -0.15) is 13.8 Å². The van der Waals surface area contributed by atoms with Crippen molar-refractivity contribution in [1.29, 1.82) is 0 Å². The second-order valence-corrected chi connectivity index (χ2v) is 5.57. The number of ether oxygens (including phenoxy) is 2. The summed E-state index contributed by atoms with van der Waals surface area (Å²) in [5.74, 6) is 0.202. The number of hydrogen-bond acceptors (Lipinski definition) is 6. The lowest BCUT2D eigenvalue weighted by molar-refractivity contribution is -0.0512. The zero-order chi connectivity index (χ0) is 19.4. The quantitative estimate of drug-likeness (QED) is 0.656. The minimum absolute atomic E-state index is 0.0942. The number of nitrogens with zero attached hydrogens (tertiary/aromatic N) is 2. The molecule has 0 aliphatic rings. The van der Waals surface area contributed by atoms with Gasteiger partial charge in [-0.1, -0.05) is 11.2 Å². The van der Waals surface area contributed by atoms with Crippen LogP contribution < -0.4 is 14.8 Å². The number of aryl methyl sites for hydroxylation is 1. The van der Waals surface area contributed by atoms with Gasteiger partial charge in [0, 0.05) is 11.3 Å². The lowest BCUT2D eigenvalue weighted by Crippen LogP contribution is -2.03. The minimum atomic E-state index is -2.96. The van der Waals surface area contributed by atoms with E-state index in [0.717, 1.165) is 5.56 Å². The number of methoxy groups -OCH3 is 1. The largest absolute Gasteiger partial charge is 0.493 e. The lowest BCUT2D eigenvalue weighted by Gasteiger charge is -2.10. The van der Waals surface area contributed by atoms with Gasteiger partial charge in [0.1, 0.15) is 5.82 Å². The van der Waals surface area contributed by atoms with E-state index in [0.29, 0.717) is 11.3 Å². The summed E-state index contributed by atoms with van der Waals surface area (Å²) in [6.07, 6.45) is 0. The van der Waals surface area contributed by atoms with Crippen molar-refractivity contribution in [2.45, 2.75) is 20.1 Å². The highest BCUT2D eigenvalue weighted by molar-refractivity contribution is 5.60. The second kappa shape index (κ2) is 7.98. The third-order valence-corrected chi connectivity index (χ3v) is 3.74. The second-order valence-electron chi connectivity index (χ2n) is 5.57. The average Bonchev–Trinajstić information content (AvgIpc) is 3.11. The van der Waals surface area contributed by atoms with E-state index in [2.05, 4.69) is 20.2 Å². The molecule has 0 aliphatic heterocycles. The van der Waals surface area contributed by atoms with Crippen molar-refractivity contribution >= 4 is 5.69 Å². The van der Waals surface area contributed by atoms with Gasteiger partial charge < -0.3 is 19.3 Å². The topological polar surface area (TPSA) is 69.4 Å². The Labute approximate surface area is 152 Å². The molecule has 3 aromatic rings. The summed E-state index contributed by atoms with van der Waals surface area (Å²) >= 11 is 0. The van der Waals surface area contributed by atoms with Gasteiger partial charge in [-0.25, -0.2) is 4.39 Å². The lowest BCUT2D eigenvalue weighted by atomic mass is 10.2. The fourth-order valence-electron chi connectivity index (χ4n) is 2.40. The summed E-state index contributed by atoms with van der Waals surface area (Å²) < 4.78 is 52.7. The van der Waals surface area contributed by atoms with Gasteiger partial charge >= 0.3 is 6.61 Å². The van der Waals surface area contributed by atoms with Gasteiger partial charge in [0.25, 0.3) is 0 Å². The van der Waals surface area contributed by atoms with E-state index in [1.807, 2.05) is 6.92 Å². The summed E-state index contributed by atoms with van der Waals surface area (Å²) in [6, 6.07) is 8.73. The molecule has 3 rings (SSSR count). The summed E-state index contributed by atoms with van der Waals surface area (Å²) in [5.41, 5.74) is 1.99. The molecular weight excluding hydrogens is 363 g/mol. The van der Waals surface area contributed by atoms with Crippen molar-refractivity contribution < 1.29 is 27.2 Å². The Hall–Kier alpha value is -3.23. The first-order valence-corrected chi connectivity index (χ1v) is 7.92. The third-order valence-electron chi connectivity index (χ3n) is 3.74. The molecule has 0 unspecified atom stereocenters. The van der Waals surface area contributed by atoms with Crippen LogP contribution >= 0.6 is 0 Å². The van der Waals surface area contributed by atoms with Gasteiger partial charge in [0.15, 0.2) is 11.5 Å². The first-order chi connectivity index (χ1) is 13.0. The van der Waals surface area contributed by atoms with E-state index in [-0.39, 0.29) is 35.6 Å². The van der Waals surface area contributed by atoms with Crippen LogP contribution in [0.2, 0.25) is 0 Å². The van der Waals surface area contributed by atoms with Crippen LogP contribution in [0.5, 0.6) is 11.5 Å². The molecule has 142 valence electrons. The fraction of sp³-hybridized carbons (Fsp3) is 0.222. The Morgan fingerprint density at radius 3 is 2.70 bits per heavy atom. The number of hydrogen-bond donors (Lipinski definition) is 1. The van der Waals surface area contributed by atoms with Crippen molar-refractivity contribution in [3.05, 3.63) is 53.7 Å². The van der Waals surface area contributed by atoms with Crippen LogP contribution in [0.1, 0.15) is 11.5 Å². The highest BCUT2D eigenvalue weighted by Crippen LogP contribution is 2.32. The molecule has 0 bridgehead atoms. The molecule has 0 spiro atoms. The van der Waals surface area contributed by atoms with Crippen LogP contribution in [-0.4, -0.2) is 23.9 Å². The minimum Gasteiger partial charge on any atom is -0.493 e. The number of nitrogens with one attached hydrogen (secondary N) is 1. The zero-order valence-electron chi connectivity index (χ0n) is 14.5. The smallest absolute Gasteiger partial charge is 0.387 e. The zero-order valence-corrected chi connectivity index (χ0v) is 14.5. The van der Waals surface area contributed by atoms with Crippen molar-refractivity contribution in [3.63, 3.8) is 0 Å². The van der Waals surface area contributed by atoms with Gasteiger partial charge in [-0.05, 0) is 42.8 Å². The number of rotatable bonds is 7. The third kappa shape index (κ3) is 4.49. The Morgan fingerprint density at radius 2 is 1.96 bits per heavy atom. The molecular formula is C18H16F3N3O3. The first-order valence-electron chi connectivity index (χ1n) is 7.92. The van der Waals surface area contributed by atoms with E-state index in [1.54, 1.807) is 6.07 Å². The molecule has 2 aromatic carbocycles. The van der Waals surface area contributed by atoms with Gasteiger partial charge in [-0.3, -0.25) is 0 Å². The summed E-state index contributed by atoms with van der Waals surface area (Å²) in [5, 5.41) is 6.88. The van der Waals surface area contributed by atoms with E-state index >= 15 is 0 Å². The van der Waals surface area contributed by atoms with Crippen molar-refractivity contribution in [2.75, 3.05) is 12.4 Å². The molecule has 0 aliphatic carbocycles. The van der Waals surface area contributed by atoms with Crippen LogP contribution in [0.25, 0.3) is 11.4 Å². The first kappa shape index (κ1) is 18.6. The molecule has 0 atom stereocenters. The molecule has 0 amide bonds. The molecule has 0 fully saturated rings. The summed E-state index contributed by atoms with van der Waals surface area (Å²) in [7, 11) is 1.34. The van der Waals surface area contributed by atoms with Crippen molar-refractivity contribution in [2.24, 2.45) is 0 Å². The van der Waals surface area contributed by atoms with E-state index in [4.69, 9.17) is 9.26 Å². The molecule has 0 saturated carbocycles. The highest BCUT2D eigenvalue weighted by atomic mass is 19.3. The predicted molar refractivity (Wildman–Crippen MR) is 91.4 cm³/mol. The SMILES string of the molecule is COc1cc(-c2noc(CNc3cc(F)ccc3C)n2)ccc1OC(F)F. The number of anilines is 1. The Morgan fingerprint density at radius 1 is 1.15 bits per heavy atom. The summed E-state index contributed by atoms with van der Waals surface area (Å²) in [6.45, 7) is -0.920. The fourth-order valence-corrected chi connectivity index (χ4v) is 2.40. The molecule has 6 nitrogen and oxygen atoms in total. The van der Waals surface area contributed by atoms with Gasteiger partial charge in [-0.15, -0.1) is 0 Å². The number of halogens is 3. The number of benzene rings is 2. The molecule has 9 heteroatoms. The van der Waals surface area contributed by atoms with E-state index in [9.17, 15) is 13.2 Å². The molecule has 1 aromatic heterocycles. The van der Waals surface area contributed by atoms with Crippen LogP contribution in [0.15, 0.2) is 40.9 Å². The van der Waals surface area contributed by atoms with Crippen LogP contribution in [0.3, 0.4) is 0 Å². The average molecular weight is 379 g/mol. The van der Waals surface area contributed by atoms with Gasteiger partial charge in [0.05, 0.1) is 13.7 Å². The highest BCUT2D eigenvalue weighted by Gasteiger charge is 2.15. The van der Waals surface area contributed by atoms with Crippen LogP contribution in [0, 0.1) is 12.7 Å².